The summed E-state index contributed by atoms with van der Waals surface area (Å²) in [6.07, 6.45) is 14.5. The van der Waals surface area contributed by atoms with Crippen molar-refractivity contribution < 1.29 is 28.5 Å². The molecular formula is C29H48O6. The first-order chi connectivity index (χ1) is 16.9. The summed E-state index contributed by atoms with van der Waals surface area (Å²) >= 11 is 0. The standard InChI is InChI=1S/C29H48O6/c1-22(2)12-14-25(35-28-10-5-6-18-32-28)23(3)9-7-17-29(4)26(30)15-13-24(21-34-29)16-20-33-27-11-8-19-31-27/h12,16,23,25,27-28H,5-11,13-15,17-21H2,1-4H3/t23?,25?,27?,28?,29-/m0/s1. The Bertz CT molecular complexity index is 700. The van der Waals surface area contributed by atoms with E-state index in [0.717, 1.165) is 76.6 Å². The van der Waals surface area contributed by atoms with E-state index in [9.17, 15) is 4.79 Å². The monoisotopic (exact) mass is 492 g/mol. The van der Waals surface area contributed by atoms with Crippen molar-refractivity contribution in [3.05, 3.63) is 23.3 Å². The van der Waals surface area contributed by atoms with Crippen LogP contribution in [0.5, 0.6) is 0 Å². The Morgan fingerprint density at radius 1 is 1.11 bits per heavy atom. The van der Waals surface area contributed by atoms with Gasteiger partial charge in [-0.15, -0.1) is 0 Å². The number of ether oxygens (including phenoxy) is 5. The summed E-state index contributed by atoms with van der Waals surface area (Å²) in [6, 6.07) is 0. The Kier molecular flexibility index (Phi) is 11.9. The van der Waals surface area contributed by atoms with E-state index in [1.54, 1.807) is 0 Å². The summed E-state index contributed by atoms with van der Waals surface area (Å²) in [5.41, 5.74) is 1.74. The predicted molar refractivity (Wildman–Crippen MR) is 137 cm³/mol. The Morgan fingerprint density at radius 3 is 2.60 bits per heavy atom. The van der Waals surface area contributed by atoms with Gasteiger partial charge >= 0.3 is 0 Å². The lowest BCUT2D eigenvalue weighted by Crippen LogP contribution is -2.37. The van der Waals surface area contributed by atoms with Crippen LogP contribution in [0.3, 0.4) is 0 Å². The van der Waals surface area contributed by atoms with E-state index in [4.69, 9.17) is 23.7 Å². The fraction of sp³-hybridized carbons (Fsp3) is 0.828. The quantitative estimate of drug-likeness (QED) is 0.299. The molecule has 6 heteroatoms. The molecule has 3 rings (SSSR count). The molecule has 0 aromatic carbocycles. The van der Waals surface area contributed by atoms with Gasteiger partial charge in [0.2, 0.25) is 0 Å². The highest BCUT2D eigenvalue weighted by molar-refractivity contribution is 5.87. The second-order valence-corrected chi connectivity index (χ2v) is 10.9. The molecule has 5 atom stereocenters. The number of ketones is 1. The molecule has 3 aliphatic rings. The van der Waals surface area contributed by atoms with Crippen LogP contribution in [0.1, 0.15) is 98.3 Å². The van der Waals surface area contributed by atoms with Gasteiger partial charge < -0.3 is 23.7 Å². The Labute approximate surface area is 212 Å². The molecule has 6 nitrogen and oxygen atoms in total. The van der Waals surface area contributed by atoms with Gasteiger partial charge in [0, 0.05) is 26.1 Å². The van der Waals surface area contributed by atoms with Crippen LogP contribution in [0.2, 0.25) is 0 Å². The van der Waals surface area contributed by atoms with Gasteiger partial charge in [-0.2, -0.15) is 0 Å². The van der Waals surface area contributed by atoms with Crippen LogP contribution < -0.4 is 0 Å². The summed E-state index contributed by atoms with van der Waals surface area (Å²) < 4.78 is 29.7. The molecule has 0 amide bonds. The molecule has 35 heavy (non-hydrogen) atoms. The third kappa shape index (κ3) is 9.73. The van der Waals surface area contributed by atoms with Crippen molar-refractivity contribution in [2.75, 3.05) is 26.4 Å². The maximum absolute atomic E-state index is 13.0. The molecule has 4 unspecified atom stereocenters. The largest absolute Gasteiger partial charge is 0.363 e. The molecule has 0 radical (unpaired) electrons. The molecule has 0 aromatic rings. The first-order valence-electron chi connectivity index (χ1n) is 13.8. The van der Waals surface area contributed by atoms with Crippen molar-refractivity contribution in [3.8, 4) is 0 Å². The summed E-state index contributed by atoms with van der Waals surface area (Å²) in [4.78, 5) is 13.0. The molecular weight excluding hydrogens is 444 g/mol. The Hall–Kier alpha value is -1.05. The van der Waals surface area contributed by atoms with Crippen LogP contribution in [-0.2, 0) is 28.5 Å². The van der Waals surface area contributed by atoms with E-state index in [1.165, 1.54) is 12.0 Å². The first kappa shape index (κ1) is 28.5. The summed E-state index contributed by atoms with van der Waals surface area (Å²) in [5.74, 6) is 0.590. The van der Waals surface area contributed by atoms with Crippen molar-refractivity contribution in [1.82, 2.24) is 0 Å². The lowest BCUT2D eigenvalue weighted by atomic mass is 9.88. The van der Waals surface area contributed by atoms with Crippen molar-refractivity contribution in [1.29, 1.82) is 0 Å². The number of hydrogen-bond acceptors (Lipinski definition) is 6. The summed E-state index contributed by atoms with van der Waals surface area (Å²) in [6.45, 7) is 11.1. The molecule has 3 aliphatic heterocycles. The van der Waals surface area contributed by atoms with Crippen LogP contribution in [0.4, 0.5) is 0 Å². The number of Topliss-reactive ketones (excluding diaryl/α,β-unsaturated/α-hetero) is 1. The number of rotatable bonds is 12. The van der Waals surface area contributed by atoms with Gasteiger partial charge in [-0.3, -0.25) is 4.79 Å². The minimum absolute atomic E-state index is 0.0818. The molecule has 3 saturated heterocycles. The number of carbonyl (C=O) groups excluding carboxylic acids is 1. The maximum Gasteiger partial charge on any atom is 0.164 e. The van der Waals surface area contributed by atoms with Gasteiger partial charge in [0.25, 0.3) is 0 Å². The number of hydrogen-bond donors (Lipinski definition) is 0. The van der Waals surface area contributed by atoms with E-state index in [-0.39, 0.29) is 24.5 Å². The fourth-order valence-electron chi connectivity index (χ4n) is 5.00. The summed E-state index contributed by atoms with van der Waals surface area (Å²) in [5, 5.41) is 0. The molecule has 0 aliphatic carbocycles. The van der Waals surface area contributed by atoms with E-state index in [1.807, 2.05) is 6.92 Å². The van der Waals surface area contributed by atoms with Crippen LogP contribution in [0.15, 0.2) is 23.3 Å². The van der Waals surface area contributed by atoms with Crippen molar-refractivity contribution in [3.63, 3.8) is 0 Å². The van der Waals surface area contributed by atoms with E-state index >= 15 is 0 Å². The second kappa shape index (κ2) is 14.6. The lowest BCUT2D eigenvalue weighted by Gasteiger charge is -2.32. The minimum atomic E-state index is -0.715. The highest BCUT2D eigenvalue weighted by atomic mass is 16.7. The maximum atomic E-state index is 13.0. The highest BCUT2D eigenvalue weighted by Crippen LogP contribution is 2.31. The van der Waals surface area contributed by atoms with Crippen LogP contribution in [0.25, 0.3) is 0 Å². The molecule has 0 spiro atoms. The molecule has 0 aromatic heterocycles. The lowest BCUT2D eigenvalue weighted by molar-refractivity contribution is -0.197. The zero-order valence-electron chi connectivity index (χ0n) is 22.5. The molecule has 3 fully saturated rings. The van der Waals surface area contributed by atoms with Gasteiger partial charge in [0.15, 0.2) is 18.4 Å². The van der Waals surface area contributed by atoms with E-state index in [0.29, 0.717) is 25.6 Å². The topological polar surface area (TPSA) is 63.2 Å². The van der Waals surface area contributed by atoms with Gasteiger partial charge in [0.05, 0.1) is 19.3 Å². The van der Waals surface area contributed by atoms with Gasteiger partial charge in [-0.25, -0.2) is 0 Å². The highest BCUT2D eigenvalue weighted by Gasteiger charge is 2.36. The predicted octanol–water partition coefficient (Wildman–Crippen LogP) is 6.28. The van der Waals surface area contributed by atoms with Crippen LogP contribution >= 0.6 is 0 Å². The van der Waals surface area contributed by atoms with Crippen molar-refractivity contribution in [2.24, 2.45) is 5.92 Å². The summed E-state index contributed by atoms with van der Waals surface area (Å²) in [7, 11) is 0. The van der Waals surface area contributed by atoms with E-state index < -0.39 is 5.60 Å². The fourth-order valence-corrected chi connectivity index (χ4v) is 5.00. The zero-order valence-corrected chi connectivity index (χ0v) is 22.5. The van der Waals surface area contributed by atoms with Gasteiger partial charge in [-0.05, 0) is 90.0 Å². The van der Waals surface area contributed by atoms with Crippen molar-refractivity contribution >= 4 is 5.78 Å². The average molecular weight is 493 g/mol. The third-order valence-electron chi connectivity index (χ3n) is 7.55. The Morgan fingerprint density at radius 2 is 1.89 bits per heavy atom. The molecule has 0 N–H and O–H groups in total. The SMILES string of the molecule is CC(C)=CCC(OC1CCCCO1)C(C)CCC[C@]1(C)OCC(=CCOC2CCCO2)CCC1=O. The number of allylic oxidation sites excluding steroid dienone is 1. The van der Waals surface area contributed by atoms with E-state index in [2.05, 4.69) is 32.9 Å². The van der Waals surface area contributed by atoms with Crippen LogP contribution in [-0.4, -0.2) is 56.5 Å². The molecule has 200 valence electrons. The molecule has 0 bridgehead atoms. The van der Waals surface area contributed by atoms with Crippen molar-refractivity contribution in [2.45, 2.75) is 123 Å². The first-order valence-corrected chi connectivity index (χ1v) is 13.8. The second-order valence-electron chi connectivity index (χ2n) is 10.9. The van der Waals surface area contributed by atoms with Gasteiger partial charge in [0.1, 0.15) is 5.60 Å². The smallest absolute Gasteiger partial charge is 0.164 e. The molecule has 3 heterocycles. The normalized spacial score (nSPS) is 30.7. The van der Waals surface area contributed by atoms with Crippen LogP contribution in [0, 0.1) is 5.92 Å². The third-order valence-corrected chi connectivity index (χ3v) is 7.55. The minimum Gasteiger partial charge on any atom is -0.363 e. The number of carbonyl (C=O) groups is 1. The average Bonchev–Trinajstić information content (AvgIpc) is 3.32. The molecule has 0 saturated carbocycles. The zero-order chi connectivity index (χ0) is 25.1. The van der Waals surface area contributed by atoms with Gasteiger partial charge in [-0.1, -0.05) is 24.6 Å². The Balaban J connectivity index is 1.46.